The molecule has 1 saturated carbocycles. The van der Waals surface area contributed by atoms with Crippen molar-refractivity contribution in [3.8, 4) is 0 Å². The molecular weight excluding hydrogens is 412 g/mol. The molecule has 0 bridgehead atoms. The third-order valence-corrected chi connectivity index (χ3v) is 7.28. The van der Waals surface area contributed by atoms with Crippen molar-refractivity contribution in [2.75, 3.05) is 7.11 Å². The van der Waals surface area contributed by atoms with Crippen LogP contribution in [0.3, 0.4) is 0 Å². The highest BCUT2D eigenvalue weighted by molar-refractivity contribution is 7.13. The minimum absolute atomic E-state index is 0.114. The van der Waals surface area contributed by atoms with Crippen LogP contribution in [0.15, 0.2) is 24.3 Å². The van der Waals surface area contributed by atoms with E-state index in [-0.39, 0.29) is 23.2 Å². The molecule has 29 heavy (non-hydrogen) atoms. The van der Waals surface area contributed by atoms with Gasteiger partial charge in [-0.2, -0.15) is 0 Å². The molecule has 1 aromatic rings. The Balaban J connectivity index is 1.89. The zero-order valence-corrected chi connectivity index (χ0v) is 18.7. The first-order valence-corrected chi connectivity index (χ1v) is 11.7. The van der Waals surface area contributed by atoms with Crippen molar-refractivity contribution in [3.63, 3.8) is 0 Å². The highest BCUT2D eigenvalue weighted by atomic mass is 35.5. The summed E-state index contributed by atoms with van der Waals surface area (Å²) < 4.78 is 4.74. The van der Waals surface area contributed by atoms with Crippen LogP contribution in [0.5, 0.6) is 0 Å². The quantitative estimate of drug-likeness (QED) is 0.273. The summed E-state index contributed by atoms with van der Waals surface area (Å²) in [5.74, 6) is -0.326. The van der Waals surface area contributed by atoms with Crippen molar-refractivity contribution in [1.29, 1.82) is 0 Å². The second-order valence-corrected chi connectivity index (χ2v) is 9.52. The van der Waals surface area contributed by atoms with Gasteiger partial charge in [-0.15, -0.1) is 22.9 Å². The molecule has 1 fully saturated rings. The molecule has 0 spiro atoms. The third-order valence-electron chi connectivity index (χ3n) is 5.66. The number of aliphatic hydroxyl groups excluding tert-OH is 3. The Morgan fingerprint density at radius 2 is 2.14 bits per heavy atom. The zero-order chi connectivity index (χ0) is 21.4. The van der Waals surface area contributed by atoms with Gasteiger partial charge in [0.15, 0.2) is 0 Å². The number of aliphatic hydroxyl groups is 3. The largest absolute Gasteiger partial charge is 0.465 e. The fourth-order valence-corrected chi connectivity index (χ4v) is 5.37. The van der Waals surface area contributed by atoms with Crippen LogP contribution in [0.4, 0.5) is 0 Å². The molecule has 0 radical (unpaired) electrons. The van der Waals surface area contributed by atoms with E-state index in [1.165, 1.54) is 18.4 Å². The summed E-state index contributed by atoms with van der Waals surface area (Å²) in [5, 5.41) is 30.4. The lowest BCUT2D eigenvalue weighted by atomic mass is 9.88. The SMILES string of the molecule is CCCCC(O)[C@H](O)C=C[C@@H]1[C@@H](CCCc2ccc(C(=O)OC)s2)[C@H](Cl)C[C@H]1O. The van der Waals surface area contributed by atoms with Crippen molar-refractivity contribution in [2.24, 2.45) is 11.8 Å². The van der Waals surface area contributed by atoms with Gasteiger partial charge in [0.1, 0.15) is 4.88 Å². The fraction of sp³-hybridized carbons (Fsp3) is 0.682. The van der Waals surface area contributed by atoms with Gasteiger partial charge in [0.25, 0.3) is 0 Å². The monoisotopic (exact) mass is 444 g/mol. The molecule has 1 heterocycles. The van der Waals surface area contributed by atoms with Crippen molar-refractivity contribution in [2.45, 2.75) is 75.6 Å². The van der Waals surface area contributed by atoms with E-state index in [4.69, 9.17) is 16.3 Å². The standard InChI is InChI=1S/C22H33ClO5S/c1-3-4-8-18(24)19(25)11-10-16-15(17(23)13-20(16)26)7-5-6-14-9-12-21(29-14)22(27)28-2/h9-12,15-20,24-26H,3-8,13H2,1-2H3/t15-,16-,17-,18?,19-,20-/m1/s1. The molecule has 6 atom stereocenters. The van der Waals surface area contributed by atoms with E-state index < -0.39 is 18.3 Å². The first-order valence-electron chi connectivity index (χ1n) is 10.4. The number of hydrogen-bond donors (Lipinski definition) is 3. The average Bonchev–Trinajstić information content (AvgIpc) is 3.28. The van der Waals surface area contributed by atoms with E-state index in [1.807, 2.05) is 19.1 Å². The molecule has 1 aliphatic carbocycles. The number of halogens is 1. The van der Waals surface area contributed by atoms with Crippen LogP contribution in [0.2, 0.25) is 0 Å². The molecule has 3 N–H and O–H groups in total. The lowest BCUT2D eigenvalue weighted by molar-refractivity contribution is 0.0409. The van der Waals surface area contributed by atoms with Crippen molar-refractivity contribution < 1.29 is 24.9 Å². The molecule has 0 amide bonds. The van der Waals surface area contributed by atoms with E-state index in [2.05, 4.69) is 0 Å². The molecule has 164 valence electrons. The van der Waals surface area contributed by atoms with Gasteiger partial charge in [-0.25, -0.2) is 4.79 Å². The average molecular weight is 445 g/mol. The number of alkyl halides is 1. The molecule has 5 nitrogen and oxygen atoms in total. The number of hydrogen-bond acceptors (Lipinski definition) is 6. The Bertz CT molecular complexity index is 661. The Kier molecular flexibility index (Phi) is 10.1. The zero-order valence-electron chi connectivity index (χ0n) is 17.2. The van der Waals surface area contributed by atoms with Crippen LogP contribution in [-0.4, -0.2) is 52.1 Å². The summed E-state index contributed by atoms with van der Waals surface area (Å²) in [4.78, 5) is 13.3. The molecule has 7 heteroatoms. The summed E-state index contributed by atoms with van der Waals surface area (Å²) in [7, 11) is 1.38. The molecule has 1 unspecified atom stereocenters. The van der Waals surface area contributed by atoms with Crippen molar-refractivity contribution >= 4 is 28.9 Å². The highest BCUT2D eigenvalue weighted by Crippen LogP contribution is 2.40. The van der Waals surface area contributed by atoms with Crippen LogP contribution in [0.1, 0.15) is 60.0 Å². The number of methoxy groups -OCH3 is 1. The first-order chi connectivity index (χ1) is 13.9. The maximum atomic E-state index is 11.6. The van der Waals surface area contributed by atoms with Crippen LogP contribution >= 0.6 is 22.9 Å². The summed E-state index contributed by atoms with van der Waals surface area (Å²) in [5.41, 5.74) is 0. The van der Waals surface area contributed by atoms with Gasteiger partial charge < -0.3 is 20.1 Å². The Morgan fingerprint density at radius 3 is 2.83 bits per heavy atom. The summed E-state index contributed by atoms with van der Waals surface area (Å²) in [6.45, 7) is 2.04. The lowest BCUT2D eigenvalue weighted by Crippen LogP contribution is -2.25. The smallest absolute Gasteiger partial charge is 0.348 e. The highest BCUT2D eigenvalue weighted by Gasteiger charge is 2.39. The maximum Gasteiger partial charge on any atom is 0.348 e. The number of thiophene rings is 1. The Morgan fingerprint density at radius 1 is 1.38 bits per heavy atom. The van der Waals surface area contributed by atoms with Crippen molar-refractivity contribution in [3.05, 3.63) is 34.0 Å². The predicted molar refractivity (Wildman–Crippen MR) is 117 cm³/mol. The number of carbonyl (C=O) groups is 1. The minimum atomic E-state index is -0.924. The summed E-state index contributed by atoms with van der Waals surface area (Å²) in [6, 6.07) is 3.73. The fourth-order valence-electron chi connectivity index (χ4n) is 3.92. The number of esters is 1. The van der Waals surface area contributed by atoms with Gasteiger partial charge in [-0.05, 0) is 50.2 Å². The second-order valence-electron chi connectivity index (χ2n) is 7.80. The second kappa shape index (κ2) is 12.1. The molecular formula is C22H33ClO5S. The summed E-state index contributed by atoms with van der Waals surface area (Å²) >= 11 is 7.94. The molecule has 2 rings (SSSR count). The van der Waals surface area contributed by atoms with E-state index in [0.717, 1.165) is 37.0 Å². The molecule has 0 aromatic carbocycles. The van der Waals surface area contributed by atoms with Crippen molar-refractivity contribution in [1.82, 2.24) is 0 Å². The van der Waals surface area contributed by atoms with E-state index >= 15 is 0 Å². The molecule has 0 saturated heterocycles. The topological polar surface area (TPSA) is 87.0 Å². The van der Waals surface area contributed by atoms with Crippen LogP contribution in [-0.2, 0) is 11.2 Å². The van der Waals surface area contributed by atoms with Crippen LogP contribution in [0, 0.1) is 11.8 Å². The molecule has 1 aliphatic rings. The van der Waals surface area contributed by atoms with E-state index in [1.54, 1.807) is 12.1 Å². The van der Waals surface area contributed by atoms with Gasteiger partial charge in [-0.3, -0.25) is 0 Å². The Hall–Kier alpha value is -0.920. The van der Waals surface area contributed by atoms with Gasteiger partial charge in [0, 0.05) is 16.2 Å². The molecule has 0 aliphatic heterocycles. The number of rotatable bonds is 11. The first kappa shape index (κ1) is 24.4. The molecule has 1 aromatic heterocycles. The number of aryl methyl sites for hydroxylation is 1. The number of ether oxygens (including phenoxy) is 1. The Labute approximate surface area is 182 Å². The minimum Gasteiger partial charge on any atom is -0.465 e. The van der Waals surface area contributed by atoms with Gasteiger partial charge >= 0.3 is 5.97 Å². The van der Waals surface area contributed by atoms with Gasteiger partial charge in [0.2, 0.25) is 0 Å². The number of carbonyl (C=O) groups excluding carboxylic acids is 1. The normalized spacial score (nSPS) is 26.7. The van der Waals surface area contributed by atoms with E-state index in [9.17, 15) is 20.1 Å². The van der Waals surface area contributed by atoms with Crippen LogP contribution in [0.25, 0.3) is 0 Å². The van der Waals surface area contributed by atoms with Crippen LogP contribution < -0.4 is 0 Å². The maximum absolute atomic E-state index is 11.6. The van der Waals surface area contributed by atoms with Gasteiger partial charge in [-0.1, -0.05) is 31.9 Å². The number of unbranched alkanes of at least 4 members (excludes halogenated alkanes) is 1. The van der Waals surface area contributed by atoms with E-state index in [0.29, 0.717) is 17.7 Å². The lowest BCUT2D eigenvalue weighted by Gasteiger charge is -2.21. The van der Waals surface area contributed by atoms with Gasteiger partial charge in [0.05, 0.1) is 25.4 Å². The summed E-state index contributed by atoms with van der Waals surface area (Å²) in [6.07, 6.45) is 6.71. The third kappa shape index (κ3) is 7.07. The predicted octanol–water partition coefficient (Wildman–Crippen LogP) is 3.93.